The van der Waals surface area contributed by atoms with Crippen molar-refractivity contribution < 1.29 is 23.8 Å². The second-order valence-electron chi connectivity index (χ2n) is 9.44. The maximum atomic E-state index is 13.7. The SMILES string of the molecule is Cn1c(=O)c(C(=O)O)c(N2CCN(C(c3ccc(F)cc3)c3ccc(F)cc3)CC2CO)c2ncc(Br)cc21. The van der Waals surface area contributed by atoms with Crippen molar-refractivity contribution in [2.75, 3.05) is 31.1 Å². The molecule has 0 radical (unpaired) electrons. The molecule has 1 atom stereocenters. The van der Waals surface area contributed by atoms with Crippen molar-refractivity contribution >= 4 is 38.6 Å². The standard InChI is InChI=1S/C28H25BrF2N4O4/c1-33-22-12-18(29)13-32-24(22)26(23(27(33)37)28(38)39)35-11-10-34(14-21(35)15-36)25(16-2-6-19(30)7-3-16)17-4-8-20(31)9-5-17/h2-9,12-13,21,25,36H,10-11,14-15H2,1H3,(H,38,39). The van der Waals surface area contributed by atoms with Gasteiger partial charge < -0.3 is 19.7 Å². The van der Waals surface area contributed by atoms with E-state index in [1.807, 2.05) is 0 Å². The molecule has 2 N–H and O–H groups in total. The predicted octanol–water partition coefficient (Wildman–Crippen LogP) is 3.94. The minimum absolute atomic E-state index is 0.159. The summed E-state index contributed by atoms with van der Waals surface area (Å²) in [4.78, 5) is 33.8. The van der Waals surface area contributed by atoms with Gasteiger partial charge in [-0.3, -0.25) is 14.7 Å². The molecule has 8 nitrogen and oxygen atoms in total. The number of aromatic carboxylic acids is 1. The molecule has 0 spiro atoms. The Balaban J connectivity index is 1.59. The molecule has 2 aromatic heterocycles. The molecule has 0 amide bonds. The number of hydrogen-bond donors (Lipinski definition) is 2. The Morgan fingerprint density at radius 1 is 1.08 bits per heavy atom. The van der Waals surface area contributed by atoms with Crippen molar-refractivity contribution in [1.29, 1.82) is 0 Å². The molecule has 1 saturated heterocycles. The van der Waals surface area contributed by atoms with Crippen LogP contribution in [-0.4, -0.2) is 62.9 Å². The van der Waals surface area contributed by atoms with Crippen LogP contribution in [0.3, 0.4) is 0 Å². The molecule has 5 rings (SSSR count). The molecule has 1 fully saturated rings. The number of hydrogen-bond acceptors (Lipinski definition) is 6. The minimum atomic E-state index is -1.38. The summed E-state index contributed by atoms with van der Waals surface area (Å²) in [5.74, 6) is -2.15. The number of benzene rings is 2. The fourth-order valence-electron chi connectivity index (χ4n) is 5.30. The van der Waals surface area contributed by atoms with Gasteiger partial charge >= 0.3 is 5.97 Å². The second kappa shape index (κ2) is 10.8. The van der Waals surface area contributed by atoms with E-state index in [-0.39, 0.29) is 43.1 Å². The molecule has 1 aliphatic heterocycles. The highest BCUT2D eigenvalue weighted by molar-refractivity contribution is 9.10. The number of pyridine rings is 2. The number of carboxylic acid groups (broad SMARTS) is 1. The lowest BCUT2D eigenvalue weighted by Crippen LogP contribution is -2.56. The van der Waals surface area contributed by atoms with Gasteiger partial charge in [0.05, 0.1) is 29.9 Å². The Morgan fingerprint density at radius 2 is 1.67 bits per heavy atom. The van der Waals surface area contributed by atoms with Crippen LogP contribution in [0.5, 0.6) is 0 Å². The van der Waals surface area contributed by atoms with Crippen LogP contribution in [0.25, 0.3) is 11.0 Å². The third-order valence-electron chi connectivity index (χ3n) is 7.14. The van der Waals surface area contributed by atoms with Gasteiger partial charge in [-0.05, 0) is 57.4 Å². The zero-order chi connectivity index (χ0) is 27.8. The summed E-state index contributed by atoms with van der Waals surface area (Å²) in [7, 11) is 1.49. The number of aliphatic hydroxyl groups excluding tert-OH is 1. The van der Waals surface area contributed by atoms with E-state index >= 15 is 0 Å². The first-order valence-electron chi connectivity index (χ1n) is 12.2. The van der Waals surface area contributed by atoms with Crippen molar-refractivity contribution in [1.82, 2.24) is 14.5 Å². The van der Waals surface area contributed by atoms with E-state index in [1.165, 1.54) is 42.1 Å². The van der Waals surface area contributed by atoms with Crippen LogP contribution in [0, 0.1) is 11.6 Å². The summed E-state index contributed by atoms with van der Waals surface area (Å²) in [6.45, 7) is 0.622. The summed E-state index contributed by atoms with van der Waals surface area (Å²) in [6.07, 6.45) is 1.53. The quantitative estimate of drug-likeness (QED) is 0.347. The summed E-state index contributed by atoms with van der Waals surface area (Å²) >= 11 is 3.36. The smallest absolute Gasteiger partial charge is 0.343 e. The van der Waals surface area contributed by atoms with Crippen molar-refractivity contribution in [3.05, 3.63) is 104 Å². The van der Waals surface area contributed by atoms with Crippen molar-refractivity contribution in [3.8, 4) is 0 Å². The number of anilines is 1. The van der Waals surface area contributed by atoms with E-state index in [2.05, 4.69) is 25.8 Å². The molecule has 202 valence electrons. The minimum Gasteiger partial charge on any atom is -0.477 e. The van der Waals surface area contributed by atoms with Crippen LogP contribution in [0.2, 0.25) is 0 Å². The number of carboxylic acids is 1. The van der Waals surface area contributed by atoms with E-state index in [4.69, 9.17) is 0 Å². The number of nitrogens with zero attached hydrogens (tertiary/aromatic N) is 4. The Morgan fingerprint density at radius 3 is 2.21 bits per heavy atom. The molecular formula is C28H25BrF2N4O4. The van der Waals surface area contributed by atoms with Gasteiger partial charge in [-0.2, -0.15) is 0 Å². The molecular weight excluding hydrogens is 574 g/mol. The van der Waals surface area contributed by atoms with Gasteiger partial charge in [0, 0.05) is 37.4 Å². The number of fused-ring (bicyclic) bond motifs is 1. The Kier molecular flexibility index (Phi) is 7.48. The molecule has 39 heavy (non-hydrogen) atoms. The third-order valence-corrected chi connectivity index (χ3v) is 7.57. The van der Waals surface area contributed by atoms with Crippen LogP contribution >= 0.6 is 15.9 Å². The predicted molar refractivity (Wildman–Crippen MR) is 146 cm³/mol. The van der Waals surface area contributed by atoms with E-state index in [0.29, 0.717) is 22.1 Å². The number of halogens is 3. The molecule has 4 aromatic rings. The fraction of sp³-hybridized carbons (Fsp3) is 0.250. The van der Waals surface area contributed by atoms with E-state index < -0.39 is 23.1 Å². The summed E-state index contributed by atoms with van der Waals surface area (Å²) < 4.78 is 29.3. The number of carbonyl (C=O) groups is 1. The number of aromatic nitrogens is 2. The lowest BCUT2D eigenvalue weighted by molar-refractivity contribution is 0.0694. The first kappa shape index (κ1) is 26.9. The molecule has 11 heteroatoms. The molecule has 0 saturated carbocycles. The monoisotopic (exact) mass is 598 g/mol. The van der Waals surface area contributed by atoms with Gasteiger partial charge in [0.2, 0.25) is 0 Å². The highest BCUT2D eigenvalue weighted by atomic mass is 79.9. The van der Waals surface area contributed by atoms with Crippen LogP contribution in [0.15, 0.2) is 70.1 Å². The fourth-order valence-corrected chi connectivity index (χ4v) is 5.62. The summed E-state index contributed by atoms with van der Waals surface area (Å²) in [5, 5.41) is 20.5. The van der Waals surface area contributed by atoms with Gasteiger partial charge in [-0.15, -0.1) is 0 Å². The summed E-state index contributed by atoms with van der Waals surface area (Å²) in [6, 6.07) is 12.8. The van der Waals surface area contributed by atoms with Crippen molar-refractivity contribution in [2.24, 2.45) is 7.05 Å². The molecule has 0 aliphatic carbocycles. The van der Waals surface area contributed by atoms with Crippen molar-refractivity contribution in [2.45, 2.75) is 12.1 Å². The first-order chi connectivity index (χ1) is 18.7. The van der Waals surface area contributed by atoms with E-state index in [9.17, 15) is 28.6 Å². The number of piperazine rings is 1. The van der Waals surface area contributed by atoms with Crippen LogP contribution in [-0.2, 0) is 7.05 Å². The van der Waals surface area contributed by atoms with E-state index in [0.717, 1.165) is 11.1 Å². The van der Waals surface area contributed by atoms with Gasteiger partial charge in [0.1, 0.15) is 17.2 Å². The van der Waals surface area contributed by atoms with Crippen LogP contribution in [0.1, 0.15) is 27.5 Å². The summed E-state index contributed by atoms with van der Waals surface area (Å²) in [5.41, 5.74) is 1.41. The molecule has 2 aromatic carbocycles. The van der Waals surface area contributed by atoms with Gasteiger partial charge in [-0.25, -0.2) is 13.6 Å². The van der Waals surface area contributed by atoms with Gasteiger partial charge in [0.15, 0.2) is 5.56 Å². The maximum absolute atomic E-state index is 13.7. The Hall–Kier alpha value is -3.67. The average molecular weight is 599 g/mol. The molecule has 3 heterocycles. The molecule has 0 bridgehead atoms. The number of rotatable bonds is 6. The number of aliphatic hydroxyl groups is 1. The second-order valence-corrected chi connectivity index (χ2v) is 10.4. The van der Waals surface area contributed by atoms with E-state index in [1.54, 1.807) is 35.2 Å². The lowest BCUT2D eigenvalue weighted by Gasteiger charge is -2.45. The number of aryl methyl sites for hydroxylation is 1. The Labute approximate surface area is 230 Å². The first-order valence-corrected chi connectivity index (χ1v) is 13.0. The zero-order valence-corrected chi connectivity index (χ0v) is 22.5. The van der Waals surface area contributed by atoms with Crippen LogP contribution < -0.4 is 10.5 Å². The largest absolute Gasteiger partial charge is 0.477 e. The zero-order valence-electron chi connectivity index (χ0n) is 20.9. The Bertz CT molecular complexity index is 1550. The van der Waals surface area contributed by atoms with Crippen LogP contribution in [0.4, 0.5) is 14.5 Å². The highest BCUT2D eigenvalue weighted by Gasteiger charge is 2.36. The third kappa shape index (κ3) is 5.05. The molecule has 1 unspecified atom stereocenters. The average Bonchev–Trinajstić information content (AvgIpc) is 2.92. The normalized spacial score (nSPS) is 16.3. The highest BCUT2D eigenvalue weighted by Crippen LogP contribution is 2.35. The van der Waals surface area contributed by atoms with Gasteiger partial charge in [-0.1, -0.05) is 24.3 Å². The van der Waals surface area contributed by atoms with Crippen molar-refractivity contribution in [3.63, 3.8) is 0 Å². The van der Waals surface area contributed by atoms with Gasteiger partial charge in [0.25, 0.3) is 5.56 Å². The lowest BCUT2D eigenvalue weighted by atomic mass is 9.95. The molecule has 1 aliphatic rings. The topological polar surface area (TPSA) is 98.9 Å². The maximum Gasteiger partial charge on any atom is 0.343 e.